The Hall–Kier alpha value is -2.49. The van der Waals surface area contributed by atoms with Crippen molar-refractivity contribution >= 4 is 17.9 Å². The first-order valence-electron chi connectivity index (χ1n) is 9.14. The van der Waals surface area contributed by atoms with E-state index in [1.807, 2.05) is 0 Å². The van der Waals surface area contributed by atoms with E-state index in [-0.39, 0.29) is 6.04 Å². The van der Waals surface area contributed by atoms with Gasteiger partial charge in [0.05, 0.1) is 12.2 Å². The predicted octanol–water partition coefficient (Wildman–Crippen LogP) is 2.18. The summed E-state index contributed by atoms with van der Waals surface area (Å²) in [5.74, 6) is -11.5. The van der Waals surface area contributed by atoms with Crippen LogP contribution in [0.3, 0.4) is 0 Å². The average Bonchev–Trinajstić information content (AvgIpc) is 3.32. The van der Waals surface area contributed by atoms with Gasteiger partial charge in [0.25, 0.3) is 0 Å². The van der Waals surface area contributed by atoms with Crippen LogP contribution in [0.5, 0.6) is 0 Å². The van der Waals surface area contributed by atoms with Gasteiger partial charge in [-0.25, -0.2) is 22.0 Å². The molecule has 158 valence electrons. The summed E-state index contributed by atoms with van der Waals surface area (Å²) >= 11 is 0. The Morgan fingerprint density at radius 1 is 1.00 bits per heavy atom. The van der Waals surface area contributed by atoms with Crippen LogP contribution in [-0.4, -0.2) is 35.6 Å². The largest absolute Gasteiger partial charge is 0.394 e. The molecule has 0 aliphatic heterocycles. The van der Waals surface area contributed by atoms with Gasteiger partial charge in [-0.15, -0.1) is 0 Å². The van der Waals surface area contributed by atoms with Gasteiger partial charge in [0.15, 0.2) is 23.3 Å². The van der Waals surface area contributed by atoms with Gasteiger partial charge >= 0.3 is 0 Å². The summed E-state index contributed by atoms with van der Waals surface area (Å²) in [5.41, 5.74) is -1.29. The molecule has 2 saturated carbocycles. The highest BCUT2D eigenvalue weighted by atomic mass is 19.2. The van der Waals surface area contributed by atoms with Gasteiger partial charge < -0.3 is 15.7 Å². The molecule has 0 radical (unpaired) electrons. The zero-order valence-corrected chi connectivity index (χ0v) is 15.2. The van der Waals surface area contributed by atoms with E-state index in [4.69, 9.17) is 0 Å². The third kappa shape index (κ3) is 4.26. The maximum absolute atomic E-state index is 13.6. The minimum atomic E-state index is -2.31. The Bertz CT molecular complexity index is 832. The van der Waals surface area contributed by atoms with Crippen LogP contribution < -0.4 is 10.6 Å². The molecular weight excluding hydrogens is 399 g/mol. The second-order valence-electron chi connectivity index (χ2n) is 7.35. The molecule has 4 unspecified atom stereocenters. The van der Waals surface area contributed by atoms with Crippen molar-refractivity contribution in [2.45, 2.75) is 37.8 Å². The van der Waals surface area contributed by atoms with Crippen LogP contribution in [0.15, 0.2) is 6.08 Å². The smallest absolute Gasteiger partial charge is 0.245 e. The van der Waals surface area contributed by atoms with Crippen molar-refractivity contribution in [1.29, 1.82) is 0 Å². The monoisotopic (exact) mass is 418 g/mol. The molecule has 2 amide bonds. The summed E-state index contributed by atoms with van der Waals surface area (Å²) in [4.78, 5) is 24.2. The number of aliphatic hydroxyl groups excluding tert-OH is 1. The number of benzene rings is 1. The molecular formula is C19H19F5N2O3. The normalized spacial score (nSPS) is 24.1. The Balaban J connectivity index is 1.64. The molecule has 3 rings (SSSR count). The van der Waals surface area contributed by atoms with E-state index in [0.717, 1.165) is 25.7 Å². The molecule has 2 aliphatic rings. The van der Waals surface area contributed by atoms with E-state index < -0.39 is 59.1 Å². The highest BCUT2D eigenvalue weighted by Crippen LogP contribution is 2.44. The van der Waals surface area contributed by atoms with Crippen LogP contribution in [0.1, 0.15) is 31.2 Å². The molecule has 2 fully saturated rings. The molecule has 2 bridgehead atoms. The van der Waals surface area contributed by atoms with Crippen molar-refractivity contribution in [1.82, 2.24) is 10.6 Å². The van der Waals surface area contributed by atoms with Crippen molar-refractivity contribution < 1.29 is 36.6 Å². The Morgan fingerprint density at radius 2 is 1.62 bits per heavy atom. The molecule has 1 aromatic rings. The quantitative estimate of drug-likeness (QED) is 0.287. The van der Waals surface area contributed by atoms with Gasteiger partial charge in [0.1, 0.15) is 6.04 Å². The van der Waals surface area contributed by atoms with Crippen molar-refractivity contribution in [3.8, 4) is 0 Å². The molecule has 2 aliphatic carbocycles. The van der Waals surface area contributed by atoms with Gasteiger partial charge in [-0.3, -0.25) is 9.59 Å². The summed E-state index contributed by atoms with van der Waals surface area (Å²) in [6.45, 7) is -0.727. The minimum absolute atomic E-state index is 0.0314. The van der Waals surface area contributed by atoms with Crippen molar-refractivity contribution in [2.24, 2.45) is 11.8 Å². The first kappa shape index (κ1) is 21.2. The first-order chi connectivity index (χ1) is 13.7. The number of aliphatic hydroxyl groups is 1. The second-order valence-corrected chi connectivity index (χ2v) is 7.35. The standard InChI is InChI=1S/C19H19F5N2O3/c20-14-10(15(21)17(23)18(24)16(14)22)3-4-13(28)25-12(7-27)19(29)26-11-6-8-1-2-9(11)5-8/h3-4,8-9,11-12,27H,1-2,5-7H2,(H,25,28)(H,26,29). The third-order valence-corrected chi connectivity index (χ3v) is 5.53. The number of hydrogen-bond acceptors (Lipinski definition) is 3. The van der Waals surface area contributed by atoms with Gasteiger partial charge in [0.2, 0.25) is 17.6 Å². The van der Waals surface area contributed by atoms with Crippen molar-refractivity contribution in [2.75, 3.05) is 6.61 Å². The number of nitrogens with one attached hydrogen (secondary N) is 2. The second kappa shape index (κ2) is 8.48. The highest BCUT2D eigenvalue weighted by molar-refractivity contribution is 5.95. The van der Waals surface area contributed by atoms with Crippen LogP contribution in [-0.2, 0) is 9.59 Å². The number of halogens is 5. The van der Waals surface area contributed by atoms with E-state index in [1.54, 1.807) is 0 Å². The van der Waals surface area contributed by atoms with E-state index >= 15 is 0 Å². The molecule has 0 heterocycles. The summed E-state index contributed by atoms with van der Waals surface area (Å²) in [6.07, 6.45) is 4.93. The molecule has 4 atom stereocenters. The zero-order valence-electron chi connectivity index (χ0n) is 15.2. The number of carbonyl (C=O) groups excluding carboxylic acids is 2. The maximum Gasteiger partial charge on any atom is 0.245 e. The summed E-state index contributed by atoms with van der Waals surface area (Å²) in [5, 5.41) is 14.3. The summed E-state index contributed by atoms with van der Waals surface area (Å²) < 4.78 is 66.6. The van der Waals surface area contributed by atoms with Crippen LogP contribution in [0.2, 0.25) is 0 Å². The van der Waals surface area contributed by atoms with Crippen LogP contribution in [0, 0.1) is 40.9 Å². The van der Waals surface area contributed by atoms with E-state index in [2.05, 4.69) is 10.6 Å². The number of rotatable bonds is 6. The molecule has 0 aromatic heterocycles. The predicted molar refractivity (Wildman–Crippen MR) is 91.7 cm³/mol. The maximum atomic E-state index is 13.6. The van der Waals surface area contributed by atoms with Crippen LogP contribution >= 0.6 is 0 Å². The zero-order chi connectivity index (χ0) is 21.3. The number of fused-ring (bicyclic) bond motifs is 2. The summed E-state index contributed by atoms with van der Waals surface area (Å²) in [6, 6.07) is -1.35. The first-order valence-corrected chi connectivity index (χ1v) is 9.14. The van der Waals surface area contributed by atoms with E-state index in [0.29, 0.717) is 24.0 Å². The molecule has 10 heteroatoms. The molecule has 5 nitrogen and oxygen atoms in total. The highest BCUT2D eigenvalue weighted by Gasteiger charge is 2.40. The summed E-state index contributed by atoms with van der Waals surface area (Å²) in [7, 11) is 0. The molecule has 1 aromatic carbocycles. The Kier molecular flexibility index (Phi) is 6.21. The lowest BCUT2D eigenvalue weighted by Gasteiger charge is -2.25. The minimum Gasteiger partial charge on any atom is -0.394 e. The van der Waals surface area contributed by atoms with Gasteiger partial charge in [-0.05, 0) is 37.2 Å². The molecule has 0 saturated heterocycles. The average molecular weight is 418 g/mol. The van der Waals surface area contributed by atoms with E-state index in [1.165, 1.54) is 0 Å². The molecule has 3 N–H and O–H groups in total. The number of hydrogen-bond donors (Lipinski definition) is 3. The van der Waals surface area contributed by atoms with Crippen molar-refractivity contribution in [3.05, 3.63) is 40.7 Å². The lowest BCUT2D eigenvalue weighted by atomic mass is 9.95. The fourth-order valence-corrected chi connectivity index (χ4v) is 4.05. The Morgan fingerprint density at radius 3 is 2.14 bits per heavy atom. The molecule has 0 spiro atoms. The molecule has 29 heavy (non-hydrogen) atoms. The fourth-order valence-electron chi connectivity index (χ4n) is 4.05. The van der Waals surface area contributed by atoms with Crippen LogP contribution in [0.25, 0.3) is 6.08 Å². The number of carbonyl (C=O) groups is 2. The van der Waals surface area contributed by atoms with Gasteiger partial charge in [-0.1, -0.05) is 6.42 Å². The topological polar surface area (TPSA) is 78.4 Å². The van der Waals surface area contributed by atoms with Gasteiger partial charge in [0, 0.05) is 12.1 Å². The third-order valence-electron chi connectivity index (χ3n) is 5.53. The Labute approximate surface area is 163 Å². The van der Waals surface area contributed by atoms with Gasteiger partial charge in [-0.2, -0.15) is 0 Å². The van der Waals surface area contributed by atoms with E-state index in [9.17, 15) is 36.6 Å². The number of amides is 2. The lowest BCUT2D eigenvalue weighted by Crippen LogP contribution is -2.52. The fraction of sp³-hybridized carbons (Fsp3) is 0.474. The van der Waals surface area contributed by atoms with Crippen LogP contribution in [0.4, 0.5) is 22.0 Å². The van der Waals surface area contributed by atoms with Crippen molar-refractivity contribution in [3.63, 3.8) is 0 Å². The SMILES string of the molecule is O=C(C=Cc1c(F)c(F)c(F)c(F)c1F)NC(CO)C(=O)NC1CC2CCC1C2. The lowest BCUT2D eigenvalue weighted by molar-refractivity contribution is -0.128.